The molecule has 6 heteroatoms. The lowest BCUT2D eigenvalue weighted by Crippen LogP contribution is -2.11. The Morgan fingerprint density at radius 1 is 1.31 bits per heavy atom. The quantitative estimate of drug-likeness (QED) is 0.730. The van der Waals surface area contributed by atoms with Gasteiger partial charge >= 0.3 is 0 Å². The van der Waals surface area contributed by atoms with Crippen LogP contribution >= 0.6 is 12.2 Å². The van der Waals surface area contributed by atoms with Gasteiger partial charge in [-0.1, -0.05) is 12.2 Å². The highest BCUT2D eigenvalue weighted by atomic mass is 32.2. The number of benzene rings is 1. The van der Waals surface area contributed by atoms with Crippen molar-refractivity contribution in [1.29, 1.82) is 0 Å². The number of nitrogens with two attached hydrogens (primary N) is 1. The van der Waals surface area contributed by atoms with Gasteiger partial charge in [0.15, 0.2) is 0 Å². The molecule has 0 unspecified atom stereocenters. The number of anilines is 1. The molecule has 0 aliphatic heterocycles. The average Bonchev–Trinajstić information content (AvgIpc) is 2.04. The molecule has 0 amide bonds. The molecule has 0 aromatic heterocycles. The molecule has 4 nitrogen and oxygen atoms in total. The van der Waals surface area contributed by atoms with Crippen LogP contribution in [0.25, 0.3) is 0 Å². The van der Waals surface area contributed by atoms with E-state index in [9.17, 15) is 8.42 Å². The SMILES string of the molecule is NS(=O)(=O)c1ccc(NC=S)cc1. The van der Waals surface area contributed by atoms with Crippen molar-refractivity contribution in [1.82, 2.24) is 0 Å². The summed E-state index contributed by atoms with van der Waals surface area (Å²) in [5.74, 6) is 0. The van der Waals surface area contributed by atoms with Crippen molar-refractivity contribution in [2.75, 3.05) is 5.32 Å². The summed E-state index contributed by atoms with van der Waals surface area (Å²) in [7, 11) is -3.60. The van der Waals surface area contributed by atoms with Gasteiger partial charge in [0.2, 0.25) is 10.0 Å². The number of thiocarbonyl (C=S) groups is 1. The van der Waals surface area contributed by atoms with Gasteiger partial charge in [0.05, 0.1) is 10.4 Å². The summed E-state index contributed by atoms with van der Waals surface area (Å²) >= 11 is 4.56. The lowest BCUT2D eigenvalue weighted by atomic mass is 10.3. The Balaban J connectivity index is 3.01. The van der Waals surface area contributed by atoms with E-state index in [4.69, 9.17) is 5.14 Å². The predicted molar refractivity (Wildman–Crippen MR) is 55.1 cm³/mol. The molecule has 3 N–H and O–H groups in total. The molecule has 70 valence electrons. The number of rotatable bonds is 3. The summed E-state index contributed by atoms with van der Waals surface area (Å²) in [5, 5.41) is 7.64. The average molecular weight is 216 g/mol. The molecule has 1 rings (SSSR count). The zero-order chi connectivity index (χ0) is 9.90. The molecule has 13 heavy (non-hydrogen) atoms. The van der Waals surface area contributed by atoms with Crippen molar-refractivity contribution in [3.05, 3.63) is 24.3 Å². The highest BCUT2D eigenvalue weighted by molar-refractivity contribution is 7.89. The van der Waals surface area contributed by atoms with E-state index in [-0.39, 0.29) is 4.90 Å². The van der Waals surface area contributed by atoms with Gasteiger partial charge in [-0.15, -0.1) is 0 Å². The Kier molecular flexibility index (Phi) is 2.97. The van der Waals surface area contributed by atoms with Crippen molar-refractivity contribution in [2.24, 2.45) is 5.14 Å². The molecule has 0 atom stereocenters. The lowest BCUT2D eigenvalue weighted by Gasteiger charge is -2.00. The molecule has 1 aromatic rings. The van der Waals surface area contributed by atoms with Crippen LogP contribution in [0.1, 0.15) is 0 Å². The van der Waals surface area contributed by atoms with E-state index in [1.165, 1.54) is 17.6 Å². The van der Waals surface area contributed by atoms with Gasteiger partial charge in [-0.3, -0.25) is 0 Å². The molecule has 0 fully saturated rings. The van der Waals surface area contributed by atoms with Crippen LogP contribution in [-0.4, -0.2) is 13.9 Å². The third-order valence-corrected chi connectivity index (χ3v) is 2.46. The van der Waals surface area contributed by atoms with Crippen LogP contribution < -0.4 is 10.5 Å². The molecule has 0 spiro atoms. The standard InChI is InChI=1S/C7H8N2O2S2/c8-13(10,11)7-3-1-6(2-4-7)9-5-12/h1-5H,(H,9,12)(H2,8,10,11). The van der Waals surface area contributed by atoms with Gasteiger partial charge in [-0.2, -0.15) is 0 Å². The zero-order valence-corrected chi connectivity index (χ0v) is 8.23. The fourth-order valence-corrected chi connectivity index (χ4v) is 1.46. The molecule has 0 bridgehead atoms. The second kappa shape index (κ2) is 3.82. The van der Waals surface area contributed by atoms with E-state index in [1.807, 2.05) is 0 Å². The van der Waals surface area contributed by atoms with E-state index in [2.05, 4.69) is 17.5 Å². The van der Waals surface area contributed by atoms with Crippen LogP contribution in [0.3, 0.4) is 0 Å². The fourth-order valence-electron chi connectivity index (χ4n) is 0.809. The molecule has 0 aliphatic rings. The first-order valence-corrected chi connectivity index (χ1v) is 5.39. The Bertz CT molecular complexity index is 397. The summed E-state index contributed by atoms with van der Waals surface area (Å²) in [6.07, 6.45) is 0. The summed E-state index contributed by atoms with van der Waals surface area (Å²) < 4.78 is 21.7. The molecule has 0 aliphatic carbocycles. The third kappa shape index (κ3) is 2.76. The summed E-state index contributed by atoms with van der Waals surface area (Å²) in [4.78, 5) is 0.0856. The maximum absolute atomic E-state index is 10.8. The second-order valence-corrected chi connectivity index (χ2v) is 4.13. The van der Waals surface area contributed by atoms with Gasteiger partial charge in [0, 0.05) is 5.69 Å². The van der Waals surface area contributed by atoms with E-state index in [0.717, 1.165) is 5.69 Å². The predicted octanol–water partition coefficient (Wildman–Crippen LogP) is 0.703. The first-order valence-electron chi connectivity index (χ1n) is 3.37. The molecular formula is C7H8N2O2S2. The van der Waals surface area contributed by atoms with Gasteiger partial charge < -0.3 is 5.32 Å². The maximum atomic E-state index is 10.8. The van der Waals surface area contributed by atoms with Crippen LogP contribution in [0.15, 0.2) is 29.2 Å². The summed E-state index contributed by atoms with van der Waals surface area (Å²) in [6.45, 7) is 0. The first-order chi connectivity index (χ1) is 6.04. The minimum Gasteiger partial charge on any atom is -0.353 e. The van der Waals surface area contributed by atoms with Crippen molar-refractivity contribution >= 4 is 33.4 Å². The largest absolute Gasteiger partial charge is 0.353 e. The van der Waals surface area contributed by atoms with E-state index < -0.39 is 10.0 Å². The van der Waals surface area contributed by atoms with Gasteiger partial charge in [-0.25, -0.2) is 13.6 Å². The summed E-state index contributed by atoms with van der Waals surface area (Å²) in [5.41, 5.74) is 2.06. The number of sulfonamides is 1. The number of hydrogen-bond donors (Lipinski definition) is 2. The number of hydrogen-bond acceptors (Lipinski definition) is 3. The minimum atomic E-state index is -3.60. The Labute approximate surface area is 81.8 Å². The number of nitrogens with one attached hydrogen (secondary N) is 1. The molecule has 0 heterocycles. The summed E-state index contributed by atoms with van der Waals surface area (Å²) in [6, 6.07) is 6.00. The molecule has 0 saturated heterocycles. The third-order valence-electron chi connectivity index (χ3n) is 1.41. The van der Waals surface area contributed by atoms with Gasteiger partial charge in [0.25, 0.3) is 0 Å². The lowest BCUT2D eigenvalue weighted by molar-refractivity contribution is 0.598. The normalized spacial score (nSPS) is 10.8. The monoisotopic (exact) mass is 216 g/mol. The van der Waals surface area contributed by atoms with Gasteiger partial charge in [-0.05, 0) is 24.3 Å². The van der Waals surface area contributed by atoms with E-state index >= 15 is 0 Å². The van der Waals surface area contributed by atoms with Gasteiger partial charge in [0.1, 0.15) is 0 Å². The highest BCUT2D eigenvalue weighted by Crippen LogP contribution is 2.11. The first kappa shape index (κ1) is 10.1. The maximum Gasteiger partial charge on any atom is 0.238 e. The molecule has 1 aromatic carbocycles. The van der Waals surface area contributed by atoms with E-state index in [1.54, 1.807) is 12.1 Å². The Morgan fingerprint density at radius 2 is 1.85 bits per heavy atom. The molecule has 0 radical (unpaired) electrons. The zero-order valence-electron chi connectivity index (χ0n) is 6.60. The Morgan fingerprint density at radius 3 is 2.23 bits per heavy atom. The molecular weight excluding hydrogens is 208 g/mol. The number of primary sulfonamides is 1. The fraction of sp³-hybridized carbons (Fsp3) is 0. The topological polar surface area (TPSA) is 72.2 Å². The van der Waals surface area contributed by atoms with Crippen LogP contribution in [0, 0.1) is 0 Å². The van der Waals surface area contributed by atoms with Crippen molar-refractivity contribution < 1.29 is 8.42 Å². The van der Waals surface area contributed by atoms with Crippen molar-refractivity contribution in [3.8, 4) is 0 Å². The second-order valence-electron chi connectivity index (χ2n) is 2.33. The van der Waals surface area contributed by atoms with Crippen LogP contribution in [0.2, 0.25) is 0 Å². The van der Waals surface area contributed by atoms with Crippen LogP contribution in [0.4, 0.5) is 5.69 Å². The van der Waals surface area contributed by atoms with Crippen LogP contribution in [0.5, 0.6) is 0 Å². The Hall–Kier alpha value is -0.980. The smallest absolute Gasteiger partial charge is 0.238 e. The highest BCUT2D eigenvalue weighted by Gasteiger charge is 2.05. The minimum absolute atomic E-state index is 0.0856. The van der Waals surface area contributed by atoms with E-state index in [0.29, 0.717) is 0 Å². The molecule has 0 saturated carbocycles. The van der Waals surface area contributed by atoms with Crippen molar-refractivity contribution in [2.45, 2.75) is 4.90 Å². The van der Waals surface area contributed by atoms with Crippen molar-refractivity contribution in [3.63, 3.8) is 0 Å². The van der Waals surface area contributed by atoms with Crippen LogP contribution in [-0.2, 0) is 10.0 Å².